The highest BCUT2D eigenvalue weighted by Gasteiger charge is 2.30. The van der Waals surface area contributed by atoms with Gasteiger partial charge in [0, 0.05) is 0 Å². The molecule has 0 unspecified atom stereocenters. The fourth-order valence-corrected chi connectivity index (χ4v) is 2.18. The van der Waals surface area contributed by atoms with Gasteiger partial charge in [0.05, 0.1) is 18.2 Å². The molecule has 0 aliphatic heterocycles. The van der Waals surface area contributed by atoms with Gasteiger partial charge in [0.15, 0.2) is 0 Å². The lowest BCUT2D eigenvalue weighted by Gasteiger charge is -2.13. The number of hydrogen-bond donors (Lipinski definition) is 2. The predicted molar refractivity (Wildman–Crippen MR) is 95.3 cm³/mol. The zero-order valence-electron chi connectivity index (χ0n) is 13.8. The minimum Gasteiger partial charge on any atom is -0.492 e. The van der Waals surface area contributed by atoms with Gasteiger partial charge in [-0.25, -0.2) is 0 Å². The normalized spacial score (nSPS) is 12.0. The Labute approximate surface area is 155 Å². The zero-order chi connectivity index (χ0) is 18.3. The first-order chi connectivity index (χ1) is 11.9. The second-order valence-electron chi connectivity index (χ2n) is 5.46. The third-order valence-corrected chi connectivity index (χ3v) is 3.49. The van der Waals surface area contributed by atoms with Crippen LogP contribution >= 0.6 is 12.4 Å². The number of carbonyl (C=O) groups is 1. The molecule has 0 aliphatic rings. The van der Waals surface area contributed by atoms with Gasteiger partial charge >= 0.3 is 6.18 Å². The highest BCUT2D eigenvalue weighted by atomic mass is 35.5. The van der Waals surface area contributed by atoms with Crippen LogP contribution in [0.2, 0.25) is 0 Å². The van der Waals surface area contributed by atoms with Crippen LogP contribution in [0.15, 0.2) is 54.6 Å². The summed E-state index contributed by atoms with van der Waals surface area (Å²) in [7, 11) is 0. The third kappa shape index (κ3) is 6.93. The monoisotopic (exact) mass is 388 g/mol. The molecular formula is C18H20ClF3N2O2. The standard InChI is InChI=1S/C18H19F3N2O2.ClH/c19-18(20,21)14-6-8-15(9-7-14)25-11-10-23-17(24)16(22)12-13-4-2-1-3-5-13;/h1-9,16H,10-12,22H2,(H,23,24);1H/t16-;/m0./s1. The van der Waals surface area contributed by atoms with E-state index < -0.39 is 17.8 Å². The summed E-state index contributed by atoms with van der Waals surface area (Å²) in [5.41, 5.74) is 6.07. The average molecular weight is 389 g/mol. The topological polar surface area (TPSA) is 64.4 Å². The van der Waals surface area contributed by atoms with Crippen LogP contribution in [0.4, 0.5) is 13.2 Å². The van der Waals surface area contributed by atoms with E-state index in [2.05, 4.69) is 5.32 Å². The zero-order valence-corrected chi connectivity index (χ0v) is 14.6. The number of alkyl halides is 3. The molecule has 0 heterocycles. The van der Waals surface area contributed by atoms with E-state index in [4.69, 9.17) is 10.5 Å². The molecule has 0 spiro atoms. The first-order valence-corrected chi connectivity index (χ1v) is 7.73. The van der Waals surface area contributed by atoms with Gasteiger partial charge in [-0.3, -0.25) is 4.79 Å². The van der Waals surface area contributed by atoms with Crippen LogP contribution in [0.1, 0.15) is 11.1 Å². The first-order valence-electron chi connectivity index (χ1n) is 7.73. The SMILES string of the molecule is Cl.N[C@@H](Cc1ccccc1)C(=O)NCCOc1ccc(C(F)(F)F)cc1. The summed E-state index contributed by atoms with van der Waals surface area (Å²) in [6.07, 6.45) is -3.95. The molecule has 0 saturated heterocycles. The van der Waals surface area contributed by atoms with Crippen LogP contribution in [0.25, 0.3) is 0 Å². The van der Waals surface area contributed by atoms with Gasteiger partial charge in [0.2, 0.25) is 5.91 Å². The van der Waals surface area contributed by atoms with Crippen molar-refractivity contribution in [1.82, 2.24) is 5.32 Å². The van der Waals surface area contributed by atoms with E-state index in [1.165, 1.54) is 12.1 Å². The molecule has 0 fully saturated rings. The number of halogens is 4. The van der Waals surface area contributed by atoms with Crippen molar-refractivity contribution in [3.05, 3.63) is 65.7 Å². The van der Waals surface area contributed by atoms with Crippen molar-refractivity contribution < 1.29 is 22.7 Å². The third-order valence-electron chi connectivity index (χ3n) is 3.49. The molecule has 142 valence electrons. The van der Waals surface area contributed by atoms with Crippen LogP contribution in [-0.4, -0.2) is 25.1 Å². The molecular weight excluding hydrogens is 369 g/mol. The van der Waals surface area contributed by atoms with Gasteiger partial charge in [-0.05, 0) is 36.2 Å². The lowest BCUT2D eigenvalue weighted by Crippen LogP contribution is -2.43. The highest BCUT2D eigenvalue weighted by molar-refractivity contribution is 5.85. The molecule has 2 rings (SSSR count). The van der Waals surface area contributed by atoms with Crippen molar-refractivity contribution in [2.45, 2.75) is 18.6 Å². The van der Waals surface area contributed by atoms with Gasteiger partial charge in [-0.15, -0.1) is 12.4 Å². The predicted octanol–water partition coefficient (Wildman–Crippen LogP) is 3.19. The number of rotatable bonds is 7. The van der Waals surface area contributed by atoms with E-state index in [-0.39, 0.29) is 31.5 Å². The van der Waals surface area contributed by atoms with E-state index in [9.17, 15) is 18.0 Å². The molecule has 0 radical (unpaired) electrons. The maximum Gasteiger partial charge on any atom is 0.416 e. The molecule has 0 aromatic heterocycles. The van der Waals surface area contributed by atoms with E-state index in [1.54, 1.807) is 0 Å². The number of ether oxygens (including phenoxy) is 1. The lowest BCUT2D eigenvalue weighted by molar-refractivity contribution is -0.137. The molecule has 0 saturated carbocycles. The fraction of sp³-hybridized carbons (Fsp3) is 0.278. The second-order valence-corrected chi connectivity index (χ2v) is 5.46. The van der Waals surface area contributed by atoms with Crippen LogP contribution in [0.5, 0.6) is 5.75 Å². The van der Waals surface area contributed by atoms with Crippen molar-refractivity contribution in [2.75, 3.05) is 13.2 Å². The molecule has 2 aromatic carbocycles. The van der Waals surface area contributed by atoms with Crippen molar-refractivity contribution >= 4 is 18.3 Å². The minimum absolute atomic E-state index is 0. The lowest BCUT2D eigenvalue weighted by atomic mass is 10.1. The van der Waals surface area contributed by atoms with Crippen molar-refractivity contribution in [3.63, 3.8) is 0 Å². The molecule has 3 N–H and O–H groups in total. The summed E-state index contributed by atoms with van der Waals surface area (Å²) in [6, 6.07) is 13.1. The Hall–Kier alpha value is -2.25. The Morgan fingerprint density at radius 3 is 2.27 bits per heavy atom. The molecule has 2 aromatic rings. The molecule has 0 bridgehead atoms. The van der Waals surface area contributed by atoms with Gasteiger partial charge in [0.1, 0.15) is 12.4 Å². The molecule has 1 amide bonds. The van der Waals surface area contributed by atoms with Gasteiger partial charge in [-0.2, -0.15) is 13.2 Å². The molecule has 4 nitrogen and oxygen atoms in total. The largest absolute Gasteiger partial charge is 0.492 e. The van der Waals surface area contributed by atoms with Crippen molar-refractivity contribution in [2.24, 2.45) is 5.73 Å². The Morgan fingerprint density at radius 1 is 1.08 bits per heavy atom. The van der Waals surface area contributed by atoms with Crippen LogP contribution in [-0.2, 0) is 17.4 Å². The number of hydrogen-bond acceptors (Lipinski definition) is 3. The Kier molecular flexibility index (Phi) is 8.41. The number of benzene rings is 2. The number of nitrogens with one attached hydrogen (secondary N) is 1. The van der Waals surface area contributed by atoms with Crippen molar-refractivity contribution in [3.8, 4) is 5.75 Å². The van der Waals surface area contributed by atoms with Crippen LogP contribution in [0, 0.1) is 0 Å². The highest BCUT2D eigenvalue weighted by Crippen LogP contribution is 2.30. The first kappa shape index (κ1) is 21.8. The summed E-state index contributed by atoms with van der Waals surface area (Å²) in [5, 5.41) is 2.64. The number of nitrogens with two attached hydrogens (primary N) is 1. The molecule has 8 heteroatoms. The molecule has 26 heavy (non-hydrogen) atoms. The van der Waals surface area contributed by atoms with Gasteiger partial charge < -0.3 is 15.8 Å². The quantitative estimate of drug-likeness (QED) is 0.716. The van der Waals surface area contributed by atoms with Gasteiger partial charge in [-0.1, -0.05) is 30.3 Å². The van der Waals surface area contributed by atoms with E-state index in [0.29, 0.717) is 12.2 Å². The van der Waals surface area contributed by atoms with E-state index in [0.717, 1.165) is 17.7 Å². The summed E-state index contributed by atoms with van der Waals surface area (Å²) >= 11 is 0. The maximum atomic E-state index is 12.4. The Morgan fingerprint density at radius 2 is 1.69 bits per heavy atom. The van der Waals surface area contributed by atoms with Crippen molar-refractivity contribution in [1.29, 1.82) is 0 Å². The van der Waals surface area contributed by atoms with Crippen LogP contribution < -0.4 is 15.8 Å². The summed E-state index contributed by atoms with van der Waals surface area (Å²) in [5.74, 6) is -0.00398. The van der Waals surface area contributed by atoms with Crippen LogP contribution in [0.3, 0.4) is 0 Å². The van der Waals surface area contributed by atoms with E-state index >= 15 is 0 Å². The van der Waals surface area contributed by atoms with E-state index in [1.807, 2.05) is 30.3 Å². The Bertz CT molecular complexity index is 679. The number of amides is 1. The number of carbonyl (C=O) groups excluding carboxylic acids is 1. The fourth-order valence-electron chi connectivity index (χ4n) is 2.18. The average Bonchev–Trinajstić information content (AvgIpc) is 2.59. The molecule has 1 atom stereocenters. The Balaban J connectivity index is 0.00000338. The molecule has 0 aliphatic carbocycles. The van der Waals surface area contributed by atoms with Gasteiger partial charge in [0.25, 0.3) is 0 Å². The summed E-state index contributed by atoms with van der Waals surface area (Å²) in [6.45, 7) is 0.345. The smallest absolute Gasteiger partial charge is 0.416 e. The maximum absolute atomic E-state index is 12.4. The second kappa shape index (κ2) is 10.0. The summed E-state index contributed by atoms with van der Waals surface area (Å²) in [4.78, 5) is 11.9. The minimum atomic E-state index is -4.37. The summed E-state index contributed by atoms with van der Waals surface area (Å²) < 4.78 is 42.6.